The summed E-state index contributed by atoms with van der Waals surface area (Å²) in [6.07, 6.45) is 0. The van der Waals surface area contributed by atoms with Crippen LogP contribution in [0.3, 0.4) is 0 Å². The van der Waals surface area contributed by atoms with Gasteiger partial charge in [0.15, 0.2) is 0 Å². The first kappa shape index (κ1) is 14.4. The first-order chi connectivity index (χ1) is 7.81. The lowest BCUT2D eigenvalue weighted by Crippen LogP contribution is -2.45. The van der Waals surface area contributed by atoms with Gasteiger partial charge in [-0.3, -0.25) is 4.90 Å². The highest BCUT2D eigenvalue weighted by molar-refractivity contribution is 5.85. The van der Waals surface area contributed by atoms with Crippen molar-refractivity contribution in [1.29, 1.82) is 0 Å². The minimum atomic E-state index is -0.469. The highest BCUT2D eigenvalue weighted by atomic mass is 35.5. The van der Waals surface area contributed by atoms with Gasteiger partial charge in [0.1, 0.15) is 12.5 Å². The van der Waals surface area contributed by atoms with E-state index in [0.29, 0.717) is 0 Å². The normalized spacial score (nSPS) is 18.5. The third-order valence-corrected chi connectivity index (χ3v) is 2.97. The Labute approximate surface area is 106 Å². The predicted octanol–water partition coefficient (Wildman–Crippen LogP) is 2.16. The van der Waals surface area contributed by atoms with E-state index in [1.54, 1.807) is 12.1 Å². The summed E-state index contributed by atoms with van der Waals surface area (Å²) < 4.78 is 26.2. The molecule has 0 aliphatic carbocycles. The van der Waals surface area contributed by atoms with Crippen LogP contribution in [0.25, 0.3) is 0 Å². The van der Waals surface area contributed by atoms with E-state index in [-0.39, 0.29) is 24.3 Å². The van der Waals surface area contributed by atoms with Crippen molar-refractivity contribution in [2.45, 2.75) is 6.04 Å². The van der Waals surface area contributed by atoms with E-state index >= 15 is 0 Å². The average molecular weight is 263 g/mol. The Morgan fingerprint density at radius 3 is 2.59 bits per heavy atom. The van der Waals surface area contributed by atoms with Crippen molar-refractivity contribution in [2.24, 2.45) is 0 Å². The zero-order valence-corrected chi connectivity index (χ0v) is 10.4. The molecule has 1 fully saturated rings. The molecule has 1 aliphatic heterocycles. The van der Waals surface area contributed by atoms with Crippen LogP contribution in [-0.2, 0) is 0 Å². The van der Waals surface area contributed by atoms with Crippen molar-refractivity contribution in [3.63, 3.8) is 0 Å². The van der Waals surface area contributed by atoms with Crippen LogP contribution >= 0.6 is 12.4 Å². The zero-order chi connectivity index (χ0) is 11.4. The summed E-state index contributed by atoms with van der Waals surface area (Å²) in [5.41, 5.74) is 0.726. The number of rotatable bonds is 3. The van der Waals surface area contributed by atoms with Gasteiger partial charge in [-0.2, -0.15) is 0 Å². The number of benzene rings is 1. The Morgan fingerprint density at radius 2 is 2.00 bits per heavy atom. The van der Waals surface area contributed by atoms with E-state index in [1.165, 1.54) is 12.1 Å². The molecule has 17 heavy (non-hydrogen) atoms. The molecule has 0 radical (unpaired) electrons. The van der Waals surface area contributed by atoms with E-state index in [4.69, 9.17) is 0 Å². The molecule has 1 aliphatic rings. The molecule has 1 aromatic carbocycles. The lowest BCUT2D eigenvalue weighted by Gasteiger charge is -2.33. The largest absolute Gasteiger partial charge is 0.314 e. The number of piperazine rings is 1. The molecule has 0 unspecified atom stereocenters. The van der Waals surface area contributed by atoms with Crippen LogP contribution in [0, 0.1) is 5.82 Å². The minimum Gasteiger partial charge on any atom is -0.314 e. The number of hydrogen-bond acceptors (Lipinski definition) is 2. The Hall–Kier alpha value is -0.710. The summed E-state index contributed by atoms with van der Waals surface area (Å²) >= 11 is 0. The van der Waals surface area contributed by atoms with Crippen molar-refractivity contribution in [2.75, 3.05) is 32.9 Å². The van der Waals surface area contributed by atoms with Crippen molar-refractivity contribution in [3.05, 3.63) is 35.6 Å². The molecule has 1 saturated heterocycles. The number of hydrogen-bond donors (Lipinski definition) is 1. The number of alkyl halides is 1. The fourth-order valence-electron chi connectivity index (χ4n) is 2.11. The Bertz CT molecular complexity index is 343. The van der Waals surface area contributed by atoms with Gasteiger partial charge in [0.25, 0.3) is 0 Å². The first-order valence-corrected chi connectivity index (χ1v) is 5.57. The Kier molecular flexibility index (Phi) is 5.82. The maximum atomic E-state index is 13.1. The molecule has 0 bridgehead atoms. The molecule has 2 nitrogen and oxygen atoms in total. The van der Waals surface area contributed by atoms with Crippen molar-refractivity contribution in [3.8, 4) is 0 Å². The minimum absolute atomic E-state index is 0. The summed E-state index contributed by atoms with van der Waals surface area (Å²) in [5, 5.41) is 3.22. The molecular formula is C12H17ClF2N2. The van der Waals surface area contributed by atoms with E-state index in [0.717, 1.165) is 31.7 Å². The van der Waals surface area contributed by atoms with Crippen LogP contribution in [0.2, 0.25) is 0 Å². The Balaban J connectivity index is 0.00000144. The first-order valence-electron chi connectivity index (χ1n) is 5.57. The second-order valence-electron chi connectivity index (χ2n) is 4.01. The molecule has 0 saturated carbocycles. The summed E-state index contributed by atoms with van der Waals surface area (Å²) in [5.74, 6) is -0.300. The topological polar surface area (TPSA) is 15.3 Å². The van der Waals surface area contributed by atoms with E-state index < -0.39 is 6.67 Å². The van der Waals surface area contributed by atoms with Gasteiger partial charge >= 0.3 is 0 Å². The number of halogens is 3. The second-order valence-corrected chi connectivity index (χ2v) is 4.01. The highest BCUT2D eigenvalue weighted by Crippen LogP contribution is 2.22. The second kappa shape index (κ2) is 6.89. The lowest BCUT2D eigenvalue weighted by molar-refractivity contribution is 0.147. The lowest BCUT2D eigenvalue weighted by atomic mass is 10.1. The highest BCUT2D eigenvalue weighted by Gasteiger charge is 2.22. The standard InChI is InChI=1S/C12H16F2N2.ClH/c13-9-12(16-6-4-15-5-7-16)10-2-1-3-11(14)8-10;/h1-3,8,12,15H,4-7,9H2;1H/t12-;/m1./s1. The predicted molar refractivity (Wildman–Crippen MR) is 66.8 cm³/mol. The van der Waals surface area contributed by atoms with Crippen molar-refractivity contribution < 1.29 is 8.78 Å². The van der Waals surface area contributed by atoms with Crippen LogP contribution in [0.15, 0.2) is 24.3 Å². The molecule has 5 heteroatoms. The molecule has 1 heterocycles. The van der Waals surface area contributed by atoms with Crippen LogP contribution in [0.4, 0.5) is 8.78 Å². The summed E-state index contributed by atoms with van der Waals surface area (Å²) in [6.45, 7) is 2.89. The SMILES string of the molecule is Cl.FC[C@H](c1cccc(F)c1)N1CCNCC1. The summed E-state index contributed by atoms with van der Waals surface area (Å²) in [7, 11) is 0. The molecule has 0 aromatic heterocycles. The third kappa shape index (κ3) is 3.63. The molecule has 0 spiro atoms. The van der Waals surface area contributed by atoms with Gasteiger partial charge in [0.05, 0.1) is 6.04 Å². The van der Waals surface area contributed by atoms with Gasteiger partial charge in [-0.1, -0.05) is 12.1 Å². The maximum absolute atomic E-state index is 13.1. The van der Waals surface area contributed by atoms with E-state index in [9.17, 15) is 8.78 Å². The van der Waals surface area contributed by atoms with Crippen LogP contribution in [0.5, 0.6) is 0 Å². The van der Waals surface area contributed by atoms with E-state index in [2.05, 4.69) is 10.2 Å². The smallest absolute Gasteiger partial charge is 0.123 e. The van der Waals surface area contributed by atoms with Gasteiger partial charge in [-0.25, -0.2) is 8.78 Å². The quantitative estimate of drug-likeness (QED) is 0.898. The molecule has 1 aromatic rings. The fourth-order valence-corrected chi connectivity index (χ4v) is 2.11. The zero-order valence-electron chi connectivity index (χ0n) is 9.53. The molecule has 1 atom stereocenters. The number of nitrogens with zero attached hydrogens (tertiary/aromatic N) is 1. The molecule has 0 amide bonds. The van der Waals surface area contributed by atoms with Crippen molar-refractivity contribution in [1.82, 2.24) is 10.2 Å². The maximum Gasteiger partial charge on any atom is 0.123 e. The average Bonchev–Trinajstić information content (AvgIpc) is 2.31. The summed E-state index contributed by atoms with van der Waals surface area (Å²) in [6, 6.07) is 5.92. The van der Waals surface area contributed by atoms with Crippen molar-refractivity contribution >= 4 is 12.4 Å². The van der Waals surface area contributed by atoms with Gasteiger partial charge in [0, 0.05) is 26.2 Å². The van der Waals surface area contributed by atoms with Gasteiger partial charge in [-0.15, -0.1) is 12.4 Å². The monoisotopic (exact) mass is 262 g/mol. The van der Waals surface area contributed by atoms with E-state index in [1.807, 2.05) is 0 Å². The van der Waals surface area contributed by atoms with Gasteiger partial charge in [-0.05, 0) is 17.7 Å². The van der Waals surface area contributed by atoms with Crippen LogP contribution < -0.4 is 5.32 Å². The van der Waals surface area contributed by atoms with Gasteiger partial charge in [0.2, 0.25) is 0 Å². The third-order valence-electron chi connectivity index (χ3n) is 2.97. The fraction of sp³-hybridized carbons (Fsp3) is 0.500. The number of nitrogens with one attached hydrogen (secondary N) is 1. The molecule has 96 valence electrons. The van der Waals surface area contributed by atoms with Gasteiger partial charge < -0.3 is 5.32 Å². The molecule has 1 N–H and O–H groups in total. The molecule has 2 rings (SSSR count). The molecular weight excluding hydrogens is 246 g/mol. The van der Waals surface area contributed by atoms with Crippen LogP contribution in [-0.4, -0.2) is 37.8 Å². The Morgan fingerprint density at radius 1 is 1.29 bits per heavy atom. The summed E-state index contributed by atoms with van der Waals surface area (Å²) in [4.78, 5) is 2.06. The van der Waals surface area contributed by atoms with Crippen LogP contribution in [0.1, 0.15) is 11.6 Å².